The Bertz CT molecular complexity index is 482. The predicted molar refractivity (Wildman–Crippen MR) is 94.1 cm³/mol. The van der Waals surface area contributed by atoms with Crippen molar-refractivity contribution in [3.63, 3.8) is 0 Å². The molecule has 0 aliphatic carbocycles. The highest BCUT2D eigenvalue weighted by Crippen LogP contribution is 2.32. The lowest BCUT2D eigenvalue weighted by Crippen LogP contribution is -2.48. The molecule has 25 heavy (non-hydrogen) atoms. The van der Waals surface area contributed by atoms with E-state index in [1.807, 2.05) is 27.7 Å². The Morgan fingerprint density at radius 2 is 1.92 bits per heavy atom. The fourth-order valence-corrected chi connectivity index (χ4v) is 2.87. The molecule has 0 bridgehead atoms. The summed E-state index contributed by atoms with van der Waals surface area (Å²) in [7, 11) is -0.876. The van der Waals surface area contributed by atoms with Crippen molar-refractivity contribution in [1.82, 2.24) is 5.32 Å². The second-order valence-corrected chi connectivity index (χ2v) is 7.53. The van der Waals surface area contributed by atoms with E-state index in [-0.39, 0.29) is 42.9 Å². The molecule has 1 aliphatic heterocycles. The highest BCUT2D eigenvalue weighted by atomic mass is 16.6. The van der Waals surface area contributed by atoms with Gasteiger partial charge in [-0.3, -0.25) is 14.4 Å². The average Bonchev–Trinajstić information content (AvgIpc) is 2.48. The molecule has 0 radical (unpaired) electrons. The number of Topliss-reactive ketones (excluding diaryl/α,β-unsaturated/α-hetero) is 1. The number of hydrogen-bond acceptors (Lipinski definition) is 6. The number of carboxylic acids is 1. The van der Waals surface area contributed by atoms with Gasteiger partial charge < -0.3 is 19.7 Å². The smallest absolute Gasteiger partial charge is 0.509 e. The van der Waals surface area contributed by atoms with Crippen LogP contribution >= 0.6 is 0 Å². The van der Waals surface area contributed by atoms with E-state index in [0.717, 1.165) is 0 Å². The first kappa shape index (κ1) is 21.6. The van der Waals surface area contributed by atoms with Gasteiger partial charge in [-0.15, -0.1) is 0 Å². The van der Waals surface area contributed by atoms with Crippen LogP contribution in [-0.2, 0) is 23.7 Å². The molecule has 0 aromatic rings. The maximum atomic E-state index is 12.2. The summed E-state index contributed by atoms with van der Waals surface area (Å²) in [5.41, 5.74) is 0. The van der Waals surface area contributed by atoms with Gasteiger partial charge in [0, 0.05) is 18.3 Å². The van der Waals surface area contributed by atoms with Gasteiger partial charge in [0.1, 0.15) is 5.78 Å². The van der Waals surface area contributed by atoms with Crippen LogP contribution in [0.3, 0.4) is 0 Å². The molecule has 1 aliphatic rings. The molecule has 7 nitrogen and oxygen atoms in total. The molecule has 1 fully saturated rings. The van der Waals surface area contributed by atoms with Gasteiger partial charge in [0.05, 0.1) is 25.0 Å². The Kier molecular flexibility index (Phi) is 8.58. The summed E-state index contributed by atoms with van der Waals surface area (Å²) in [5, 5.41) is 12.1. The first-order valence-corrected chi connectivity index (χ1v) is 8.93. The Morgan fingerprint density at radius 3 is 2.44 bits per heavy atom. The number of aliphatic carboxylic acids is 1. The topological polar surface area (TPSA) is 102 Å². The summed E-state index contributed by atoms with van der Waals surface area (Å²) in [6, 6.07) is 0.206. The number of ketones is 1. The van der Waals surface area contributed by atoms with Crippen molar-refractivity contribution >= 4 is 24.8 Å². The normalized spacial score (nSPS) is 22.2. The van der Waals surface area contributed by atoms with Crippen LogP contribution in [0.1, 0.15) is 53.9 Å². The maximum Gasteiger partial charge on any atom is 0.531 e. The molecule has 1 heterocycles. The van der Waals surface area contributed by atoms with Crippen molar-refractivity contribution in [3.8, 4) is 0 Å². The molecular formula is C17H30BNO6. The first-order chi connectivity index (χ1) is 11.6. The summed E-state index contributed by atoms with van der Waals surface area (Å²) < 4.78 is 11.1. The van der Waals surface area contributed by atoms with Crippen molar-refractivity contribution in [3.05, 3.63) is 0 Å². The van der Waals surface area contributed by atoms with Gasteiger partial charge >= 0.3 is 13.1 Å². The Hall–Kier alpha value is -1.41. The summed E-state index contributed by atoms with van der Waals surface area (Å²) in [5.74, 6) is -2.10. The van der Waals surface area contributed by atoms with E-state index in [1.165, 1.54) is 0 Å². The molecule has 0 spiro atoms. The second-order valence-electron chi connectivity index (χ2n) is 7.53. The van der Waals surface area contributed by atoms with Gasteiger partial charge in [-0.25, -0.2) is 0 Å². The molecule has 3 atom stereocenters. The van der Waals surface area contributed by atoms with Gasteiger partial charge in [-0.2, -0.15) is 0 Å². The van der Waals surface area contributed by atoms with E-state index in [0.29, 0.717) is 6.42 Å². The molecule has 142 valence electrons. The highest BCUT2D eigenvalue weighted by molar-refractivity contribution is 6.49. The van der Waals surface area contributed by atoms with E-state index < -0.39 is 31.1 Å². The second kappa shape index (κ2) is 9.92. The van der Waals surface area contributed by atoms with E-state index >= 15 is 0 Å². The zero-order valence-corrected chi connectivity index (χ0v) is 15.8. The third-order valence-electron chi connectivity index (χ3n) is 4.20. The summed E-state index contributed by atoms with van der Waals surface area (Å²) >= 11 is 0. The minimum absolute atomic E-state index is 0.0207. The number of carbonyl (C=O) groups excluding carboxylic acids is 2. The van der Waals surface area contributed by atoms with Gasteiger partial charge in [0.15, 0.2) is 0 Å². The van der Waals surface area contributed by atoms with E-state index in [9.17, 15) is 14.4 Å². The average molecular weight is 355 g/mol. The van der Waals surface area contributed by atoms with E-state index in [2.05, 4.69) is 5.32 Å². The molecule has 8 heteroatoms. The SMILES string of the molecule is CC(C)C[C@H](CC(=O)CNC(C)C)B1OC(=O)C(C)C(CC(=O)O)O1. The molecular weight excluding hydrogens is 325 g/mol. The van der Waals surface area contributed by atoms with Crippen LogP contribution in [0.25, 0.3) is 0 Å². The Labute approximate surface area is 150 Å². The minimum atomic E-state index is -1.03. The van der Waals surface area contributed by atoms with Gasteiger partial charge in [-0.1, -0.05) is 27.7 Å². The maximum absolute atomic E-state index is 12.2. The number of hydrogen-bond donors (Lipinski definition) is 2. The third kappa shape index (κ3) is 7.56. The van der Waals surface area contributed by atoms with Crippen LogP contribution in [0.5, 0.6) is 0 Å². The number of carbonyl (C=O) groups is 3. The fraction of sp³-hybridized carbons (Fsp3) is 0.824. The van der Waals surface area contributed by atoms with E-state index in [4.69, 9.17) is 14.4 Å². The third-order valence-corrected chi connectivity index (χ3v) is 4.20. The summed E-state index contributed by atoms with van der Waals surface area (Å²) in [6.45, 7) is 9.81. The zero-order valence-electron chi connectivity index (χ0n) is 15.8. The Morgan fingerprint density at radius 1 is 1.28 bits per heavy atom. The fourth-order valence-electron chi connectivity index (χ4n) is 2.87. The molecule has 0 aromatic heterocycles. The van der Waals surface area contributed by atoms with Crippen LogP contribution in [0.4, 0.5) is 0 Å². The molecule has 2 unspecified atom stereocenters. The van der Waals surface area contributed by atoms with Gasteiger partial charge in [0.2, 0.25) is 0 Å². The summed E-state index contributed by atoms with van der Waals surface area (Å²) in [4.78, 5) is 35.3. The lowest BCUT2D eigenvalue weighted by atomic mass is 9.64. The minimum Gasteiger partial charge on any atom is -0.509 e. The van der Waals surface area contributed by atoms with Crippen molar-refractivity contribution < 1.29 is 28.8 Å². The molecule has 2 N–H and O–H groups in total. The van der Waals surface area contributed by atoms with Crippen LogP contribution in [0, 0.1) is 11.8 Å². The van der Waals surface area contributed by atoms with Crippen molar-refractivity contribution in [2.75, 3.05) is 6.54 Å². The monoisotopic (exact) mass is 355 g/mol. The lowest BCUT2D eigenvalue weighted by Gasteiger charge is -2.35. The standard InChI is InChI=1S/C17H30BNO6/c1-10(2)6-13(7-14(20)9-19-11(3)4)18-24-15(8-16(21)22)12(5)17(23)25-18/h10-13,15,19H,6-9H2,1-5H3,(H,21,22)/t12?,13-,15?/m1/s1. The number of carboxylic acid groups (broad SMARTS) is 1. The quantitative estimate of drug-likeness (QED) is 0.577. The van der Waals surface area contributed by atoms with Crippen molar-refractivity contribution in [2.24, 2.45) is 11.8 Å². The van der Waals surface area contributed by atoms with Crippen molar-refractivity contribution in [2.45, 2.75) is 71.8 Å². The lowest BCUT2D eigenvalue weighted by molar-refractivity contribution is -0.153. The predicted octanol–water partition coefficient (Wildman–Crippen LogP) is 1.90. The molecule has 1 rings (SSSR count). The molecule has 0 aromatic carbocycles. The number of nitrogens with one attached hydrogen (secondary N) is 1. The zero-order chi connectivity index (χ0) is 19.1. The first-order valence-electron chi connectivity index (χ1n) is 8.93. The highest BCUT2D eigenvalue weighted by Gasteiger charge is 2.45. The Balaban J connectivity index is 2.80. The molecule has 1 saturated heterocycles. The van der Waals surface area contributed by atoms with Crippen LogP contribution in [0.15, 0.2) is 0 Å². The van der Waals surface area contributed by atoms with Crippen LogP contribution in [0.2, 0.25) is 5.82 Å². The van der Waals surface area contributed by atoms with Gasteiger partial charge in [0.25, 0.3) is 5.97 Å². The van der Waals surface area contributed by atoms with Crippen LogP contribution in [-0.4, -0.2) is 48.6 Å². The summed E-state index contributed by atoms with van der Waals surface area (Å²) in [6.07, 6.45) is -0.115. The van der Waals surface area contributed by atoms with Crippen LogP contribution < -0.4 is 5.32 Å². The molecule has 0 saturated carbocycles. The largest absolute Gasteiger partial charge is 0.531 e. The van der Waals surface area contributed by atoms with Gasteiger partial charge in [-0.05, 0) is 19.3 Å². The van der Waals surface area contributed by atoms with Crippen molar-refractivity contribution in [1.29, 1.82) is 0 Å². The molecule has 0 amide bonds. The van der Waals surface area contributed by atoms with E-state index in [1.54, 1.807) is 6.92 Å². The number of rotatable bonds is 10.